The Morgan fingerprint density at radius 1 is 0.317 bits per heavy atom. The van der Waals surface area contributed by atoms with Crippen LogP contribution in [0.3, 0.4) is 0 Å². The van der Waals surface area contributed by atoms with Gasteiger partial charge >= 0.3 is 0 Å². The highest BCUT2D eigenvalue weighted by Crippen LogP contribution is 2.63. The van der Waals surface area contributed by atoms with E-state index in [2.05, 4.69) is 170 Å². The SMILES string of the molecule is C(=Cc1cccc2c1-c1ccccc1C21c2ccccc2-c2c(C=Cc3ccccc3)cccc21)c1ccccc1. The first-order valence-corrected chi connectivity index (χ1v) is 14.3. The van der Waals surface area contributed by atoms with E-state index in [9.17, 15) is 0 Å². The molecule has 0 unspecified atom stereocenters. The molecule has 2 aliphatic rings. The lowest BCUT2D eigenvalue weighted by Crippen LogP contribution is -2.25. The molecule has 0 bridgehead atoms. The normalized spacial score (nSPS) is 16.2. The molecule has 0 atom stereocenters. The Labute approximate surface area is 241 Å². The summed E-state index contributed by atoms with van der Waals surface area (Å²) in [5, 5.41) is 0. The highest BCUT2D eigenvalue weighted by Gasteiger charge is 2.52. The fraction of sp³-hybridized carbons (Fsp3) is 0.0244. The van der Waals surface area contributed by atoms with Crippen molar-refractivity contribution in [1.29, 1.82) is 0 Å². The van der Waals surface area contributed by atoms with Gasteiger partial charge in [-0.3, -0.25) is 0 Å². The molecule has 0 fully saturated rings. The van der Waals surface area contributed by atoms with Crippen LogP contribution in [0.1, 0.15) is 44.5 Å². The standard InChI is InChI=1S/C41H28/c1-3-13-29(14-4-1)25-27-31-17-11-23-37-39(31)33-19-7-9-21-35(33)41(37)36-22-10-8-20-34(36)40-32(18-12-24-38(40)41)28-26-30-15-5-2-6-16-30/h1-28H. The van der Waals surface area contributed by atoms with E-state index in [1.54, 1.807) is 0 Å². The largest absolute Gasteiger partial charge is 0.0725 e. The van der Waals surface area contributed by atoms with Gasteiger partial charge in [-0.15, -0.1) is 0 Å². The Kier molecular flexibility index (Phi) is 5.47. The Balaban J connectivity index is 1.40. The maximum absolute atomic E-state index is 2.35. The molecule has 1 spiro atoms. The maximum atomic E-state index is 2.35. The summed E-state index contributed by atoms with van der Waals surface area (Å²) in [5.41, 5.74) is 15.3. The third-order valence-electron chi connectivity index (χ3n) is 8.71. The van der Waals surface area contributed by atoms with Gasteiger partial charge in [0.2, 0.25) is 0 Å². The number of fused-ring (bicyclic) bond motifs is 10. The average Bonchev–Trinajstić information content (AvgIpc) is 3.52. The lowest BCUT2D eigenvalue weighted by molar-refractivity contribution is 0.793. The lowest BCUT2D eigenvalue weighted by Gasteiger charge is -2.30. The van der Waals surface area contributed by atoms with Gasteiger partial charge in [0, 0.05) is 0 Å². The van der Waals surface area contributed by atoms with Crippen molar-refractivity contribution in [3.63, 3.8) is 0 Å². The third-order valence-corrected chi connectivity index (χ3v) is 8.71. The monoisotopic (exact) mass is 520 g/mol. The highest BCUT2D eigenvalue weighted by atomic mass is 14.5. The molecule has 0 N–H and O–H groups in total. The highest BCUT2D eigenvalue weighted by molar-refractivity contribution is 6.00. The summed E-state index contributed by atoms with van der Waals surface area (Å²) < 4.78 is 0. The summed E-state index contributed by atoms with van der Waals surface area (Å²) in [5.74, 6) is 0. The molecule has 2 aliphatic carbocycles. The van der Waals surface area contributed by atoms with Crippen LogP contribution in [0.15, 0.2) is 146 Å². The summed E-state index contributed by atoms with van der Waals surface area (Å²) in [6, 6.07) is 52.9. The summed E-state index contributed by atoms with van der Waals surface area (Å²) in [4.78, 5) is 0. The second-order valence-electron chi connectivity index (χ2n) is 10.9. The van der Waals surface area contributed by atoms with Crippen molar-refractivity contribution < 1.29 is 0 Å². The van der Waals surface area contributed by atoms with Crippen LogP contribution in [0.5, 0.6) is 0 Å². The van der Waals surface area contributed by atoms with Crippen LogP contribution < -0.4 is 0 Å². The van der Waals surface area contributed by atoms with E-state index in [1.165, 1.54) is 66.8 Å². The fourth-order valence-corrected chi connectivity index (χ4v) is 7.07. The van der Waals surface area contributed by atoms with Gasteiger partial charge in [-0.2, -0.15) is 0 Å². The molecule has 6 aromatic rings. The van der Waals surface area contributed by atoms with Gasteiger partial charge in [0.05, 0.1) is 5.41 Å². The average molecular weight is 521 g/mol. The molecule has 8 rings (SSSR count). The zero-order valence-electron chi connectivity index (χ0n) is 22.7. The molecule has 0 nitrogen and oxygen atoms in total. The van der Waals surface area contributed by atoms with Crippen LogP contribution in [0.4, 0.5) is 0 Å². The van der Waals surface area contributed by atoms with Crippen LogP contribution in [0.25, 0.3) is 46.6 Å². The van der Waals surface area contributed by atoms with E-state index in [4.69, 9.17) is 0 Å². The summed E-state index contributed by atoms with van der Waals surface area (Å²) >= 11 is 0. The molecule has 0 saturated carbocycles. The zero-order chi connectivity index (χ0) is 27.2. The molecule has 0 aliphatic heterocycles. The van der Waals surface area contributed by atoms with E-state index in [-0.39, 0.29) is 5.41 Å². The predicted octanol–water partition coefficient (Wildman–Crippen LogP) is 10.4. The van der Waals surface area contributed by atoms with Gasteiger partial charge in [-0.05, 0) is 66.8 Å². The van der Waals surface area contributed by atoms with Gasteiger partial charge in [-0.1, -0.05) is 170 Å². The summed E-state index contributed by atoms with van der Waals surface area (Å²) in [6.07, 6.45) is 9.02. The molecule has 0 heteroatoms. The minimum Gasteiger partial charge on any atom is -0.0622 e. The first-order chi connectivity index (χ1) is 20.4. The molecule has 6 aromatic carbocycles. The second-order valence-corrected chi connectivity index (χ2v) is 10.9. The van der Waals surface area contributed by atoms with E-state index in [0.29, 0.717) is 0 Å². The van der Waals surface area contributed by atoms with Gasteiger partial charge in [0.15, 0.2) is 0 Å². The lowest BCUT2D eigenvalue weighted by atomic mass is 9.70. The van der Waals surface area contributed by atoms with Gasteiger partial charge in [-0.25, -0.2) is 0 Å². The van der Waals surface area contributed by atoms with Crippen molar-refractivity contribution in [3.05, 3.63) is 190 Å². The van der Waals surface area contributed by atoms with E-state index >= 15 is 0 Å². The van der Waals surface area contributed by atoms with Crippen molar-refractivity contribution in [2.24, 2.45) is 0 Å². The number of hydrogen-bond donors (Lipinski definition) is 0. The molecular weight excluding hydrogens is 492 g/mol. The van der Waals surface area contributed by atoms with E-state index < -0.39 is 0 Å². The van der Waals surface area contributed by atoms with Crippen molar-refractivity contribution >= 4 is 24.3 Å². The Morgan fingerprint density at radius 3 is 1.17 bits per heavy atom. The molecule has 0 aromatic heterocycles. The Hall–Kier alpha value is -5.20. The molecule has 192 valence electrons. The van der Waals surface area contributed by atoms with Crippen molar-refractivity contribution in [2.75, 3.05) is 0 Å². The summed E-state index contributed by atoms with van der Waals surface area (Å²) in [7, 11) is 0. The smallest absolute Gasteiger partial charge is 0.0622 e. The molecule has 41 heavy (non-hydrogen) atoms. The van der Waals surface area contributed by atoms with Crippen LogP contribution in [0, 0.1) is 0 Å². The van der Waals surface area contributed by atoms with Crippen LogP contribution >= 0.6 is 0 Å². The topological polar surface area (TPSA) is 0 Å². The van der Waals surface area contributed by atoms with Gasteiger partial charge in [0.1, 0.15) is 0 Å². The molecule has 0 radical (unpaired) electrons. The number of hydrogen-bond acceptors (Lipinski definition) is 0. The minimum atomic E-state index is -0.356. The Morgan fingerprint density at radius 2 is 0.707 bits per heavy atom. The van der Waals surface area contributed by atoms with E-state index in [1.807, 2.05) is 0 Å². The minimum absolute atomic E-state index is 0.356. The molecule has 0 heterocycles. The fourth-order valence-electron chi connectivity index (χ4n) is 7.07. The second kappa shape index (κ2) is 9.47. The summed E-state index contributed by atoms with van der Waals surface area (Å²) in [6.45, 7) is 0. The van der Waals surface area contributed by atoms with Gasteiger partial charge in [0.25, 0.3) is 0 Å². The quantitative estimate of drug-likeness (QED) is 0.203. The zero-order valence-corrected chi connectivity index (χ0v) is 22.7. The number of rotatable bonds is 4. The van der Waals surface area contributed by atoms with Crippen molar-refractivity contribution in [2.45, 2.75) is 5.41 Å². The molecule has 0 saturated heterocycles. The van der Waals surface area contributed by atoms with Crippen LogP contribution in [-0.4, -0.2) is 0 Å². The molecular formula is C41H28. The van der Waals surface area contributed by atoms with E-state index in [0.717, 1.165) is 0 Å². The van der Waals surface area contributed by atoms with Crippen molar-refractivity contribution in [1.82, 2.24) is 0 Å². The predicted molar refractivity (Wildman–Crippen MR) is 173 cm³/mol. The number of benzene rings is 6. The van der Waals surface area contributed by atoms with Gasteiger partial charge < -0.3 is 0 Å². The first kappa shape index (κ1) is 23.7. The third kappa shape index (κ3) is 3.54. The van der Waals surface area contributed by atoms with Crippen LogP contribution in [0.2, 0.25) is 0 Å². The Bertz CT molecular complexity index is 1830. The first-order valence-electron chi connectivity index (χ1n) is 14.3. The van der Waals surface area contributed by atoms with Crippen molar-refractivity contribution in [3.8, 4) is 22.3 Å². The van der Waals surface area contributed by atoms with Crippen LogP contribution in [-0.2, 0) is 5.41 Å². The maximum Gasteiger partial charge on any atom is 0.0725 e. The molecule has 0 amide bonds.